The van der Waals surface area contributed by atoms with Crippen LogP contribution < -0.4 is 11.1 Å². The van der Waals surface area contributed by atoms with Crippen LogP contribution in [0, 0.1) is 0 Å². The monoisotopic (exact) mass is 252 g/mol. The molecule has 0 amide bonds. The first-order chi connectivity index (χ1) is 8.60. The van der Waals surface area contributed by atoms with Crippen LogP contribution in [0.1, 0.15) is 37.9 Å². The van der Waals surface area contributed by atoms with Crippen molar-refractivity contribution in [3.05, 3.63) is 11.3 Å². The highest BCUT2D eigenvalue weighted by molar-refractivity contribution is 5.48. The van der Waals surface area contributed by atoms with Crippen LogP contribution in [0.15, 0.2) is 0 Å². The van der Waals surface area contributed by atoms with Gasteiger partial charge in [-0.25, -0.2) is 4.98 Å². The predicted molar refractivity (Wildman–Crippen MR) is 68.9 cm³/mol. The second kappa shape index (κ2) is 5.49. The summed E-state index contributed by atoms with van der Waals surface area (Å²) in [7, 11) is 0. The second-order valence-electron chi connectivity index (χ2n) is 4.68. The molecule has 0 aromatic carbocycles. The first-order valence-corrected chi connectivity index (χ1v) is 6.27. The van der Waals surface area contributed by atoms with Gasteiger partial charge in [-0.3, -0.25) is 0 Å². The van der Waals surface area contributed by atoms with Crippen LogP contribution in [0.5, 0.6) is 0 Å². The van der Waals surface area contributed by atoms with E-state index in [2.05, 4.69) is 22.2 Å². The Kier molecular flexibility index (Phi) is 3.98. The van der Waals surface area contributed by atoms with Gasteiger partial charge in [0.05, 0.1) is 25.0 Å². The zero-order chi connectivity index (χ0) is 13.1. The van der Waals surface area contributed by atoms with Crippen LogP contribution in [0.3, 0.4) is 0 Å². The maximum Gasteiger partial charge on any atom is 0.225 e. The highest BCUT2D eigenvalue weighted by atomic mass is 16.5. The van der Waals surface area contributed by atoms with Gasteiger partial charge in [0.2, 0.25) is 5.95 Å². The third-order valence-corrected chi connectivity index (χ3v) is 3.06. The first kappa shape index (κ1) is 13.0. The number of fused-ring (bicyclic) bond motifs is 1. The van der Waals surface area contributed by atoms with Gasteiger partial charge in [0.15, 0.2) is 0 Å². The van der Waals surface area contributed by atoms with E-state index in [1.54, 1.807) is 6.92 Å². The van der Waals surface area contributed by atoms with Crippen molar-refractivity contribution in [2.75, 3.05) is 11.1 Å². The number of nitrogens with one attached hydrogen (secondary N) is 1. The Labute approximate surface area is 107 Å². The molecule has 4 N–H and O–H groups in total. The summed E-state index contributed by atoms with van der Waals surface area (Å²) in [6.45, 7) is 4.81. The van der Waals surface area contributed by atoms with E-state index in [0.29, 0.717) is 31.4 Å². The second-order valence-corrected chi connectivity index (χ2v) is 4.68. The lowest BCUT2D eigenvalue weighted by molar-refractivity contribution is 0.133. The molecule has 0 spiro atoms. The Bertz CT molecular complexity index is 423. The number of anilines is 2. The van der Waals surface area contributed by atoms with Crippen molar-refractivity contribution >= 4 is 11.8 Å². The average molecular weight is 252 g/mol. The summed E-state index contributed by atoms with van der Waals surface area (Å²) in [5, 5.41) is 12.6. The molecular formula is C12H20N4O2. The van der Waals surface area contributed by atoms with Crippen LogP contribution in [-0.2, 0) is 18.0 Å². The van der Waals surface area contributed by atoms with Gasteiger partial charge in [0, 0.05) is 11.6 Å². The molecule has 6 nitrogen and oxygen atoms in total. The average Bonchev–Trinajstić information content (AvgIpc) is 2.76. The number of aliphatic hydroxyl groups excluding tert-OH is 1. The molecule has 2 rings (SSSR count). The van der Waals surface area contributed by atoms with Crippen molar-refractivity contribution in [3.63, 3.8) is 0 Å². The molecular weight excluding hydrogens is 232 g/mol. The summed E-state index contributed by atoms with van der Waals surface area (Å²) >= 11 is 0. The van der Waals surface area contributed by atoms with E-state index in [1.165, 1.54) is 0 Å². The molecule has 6 heteroatoms. The molecule has 1 aliphatic rings. The minimum atomic E-state index is -0.349. The lowest BCUT2D eigenvalue weighted by Gasteiger charge is -2.18. The third-order valence-electron chi connectivity index (χ3n) is 3.06. The van der Waals surface area contributed by atoms with Crippen LogP contribution in [0.25, 0.3) is 0 Å². The topological polar surface area (TPSA) is 93.3 Å². The van der Waals surface area contributed by atoms with Gasteiger partial charge in [-0.05, 0) is 19.8 Å². The summed E-state index contributed by atoms with van der Waals surface area (Å²) in [5.41, 5.74) is 7.62. The van der Waals surface area contributed by atoms with Crippen LogP contribution >= 0.6 is 0 Å². The number of nitrogens with two attached hydrogens (primary N) is 1. The molecule has 0 bridgehead atoms. The largest absolute Gasteiger partial charge is 0.393 e. The van der Waals surface area contributed by atoms with Gasteiger partial charge in [-0.15, -0.1) is 0 Å². The Hall–Kier alpha value is -1.40. The van der Waals surface area contributed by atoms with Crippen molar-refractivity contribution in [1.82, 2.24) is 9.97 Å². The highest BCUT2D eigenvalue weighted by Crippen LogP contribution is 2.24. The maximum absolute atomic E-state index is 9.42. The number of aromatic nitrogens is 2. The molecule has 2 atom stereocenters. The van der Waals surface area contributed by atoms with Crippen LogP contribution in [0.4, 0.5) is 11.8 Å². The van der Waals surface area contributed by atoms with Crippen molar-refractivity contribution < 1.29 is 9.84 Å². The van der Waals surface area contributed by atoms with Gasteiger partial charge in [0.25, 0.3) is 0 Å². The van der Waals surface area contributed by atoms with E-state index in [0.717, 1.165) is 17.7 Å². The quantitative estimate of drug-likeness (QED) is 0.725. The SMILES string of the molecule is CCC(CC(C)O)Nc1nc(N)c2c(n1)COC2. The molecule has 0 aliphatic carbocycles. The van der Waals surface area contributed by atoms with Crippen LogP contribution in [-0.4, -0.2) is 27.2 Å². The number of hydrogen-bond acceptors (Lipinski definition) is 6. The van der Waals surface area contributed by atoms with Crippen LogP contribution in [0.2, 0.25) is 0 Å². The van der Waals surface area contributed by atoms with E-state index in [4.69, 9.17) is 10.5 Å². The normalized spacial score (nSPS) is 17.3. The molecule has 0 saturated carbocycles. The molecule has 1 aromatic rings. The zero-order valence-corrected chi connectivity index (χ0v) is 10.8. The number of nitrogen functional groups attached to an aromatic ring is 1. The van der Waals surface area contributed by atoms with E-state index >= 15 is 0 Å². The van der Waals surface area contributed by atoms with Crippen molar-refractivity contribution in [2.45, 2.75) is 52.0 Å². The van der Waals surface area contributed by atoms with Crippen molar-refractivity contribution in [1.29, 1.82) is 0 Å². The number of ether oxygens (including phenoxy) is 1. The fourth-order valence-electron chi connectivity index (χ4n) is 2.06. The number of aliphatic hydroxyl groups is 1. The minimum absolute atomic E-state index is 0.143. The maximum atomic E-state index is 9.42. The van der Waals surface area contributed by atoms with Gasteiger partial charge in [-0.1, -0.05) is 6.92 Å². The Morgan fingerprint density at radius 3 is 2.89 bits per heavy atom. The number of hydrogen-bond donors (Lipinski definition) is 3. The van der Waals surface area contributed by atoms with Gasteiger partial charge in [0.1, 0.15) is 5.82 Å². The Morgan fingerprint density at radius 2 is 2.22 bits per heavy atom. The van der Waals surface area contributed by atoms with Crippen molar-refractivity contribution in [2.24, 2.45) is 0 Å². The smallest absolute Gasteiger partial charge is 0.225 e. The minimum Gasteiger partial charge on any atom is -0.393 e. The zero-order valence-electron chi connectivity index (χ0n) is 10.8. The number of nitrogens with zero attached hydrogens (tertiary/aromatic N) is 2. The summed E-state index contributed by atoms with van der Waals surface area (Å²) in [6.07, 6.45) is 1.20. The van der Waals surface area contributed by atoms with E-state index in [-0.39, 0.29) is 12.1 Å². The third kappa shape index (κ3) is 2.88. The Morgan fingerprint density at radius 1 is 1.44 bits per heavy atom. The standard InChI is InChI=1S/C12H20N4O2/c1-3-8(4-7(2)17)14-12-15-10-6-18-5-9(10)11(13)16-12/h7-8,17H,3-6H2,1-2H3,(H3,13,14,15,16). The summed E-state index contributed by atoms with van der Waals surface area (Å²) in [6, 6.07) is 0.143. The molecule has 0 fully saturated rings. The predicted octanol–water partition coefficient (Wildman–Crippen LogP) is 1.05. The van der Waals surface area contributed by atoms with Gasteiger partial charge >= 0.3 is 0 Å². The van der Waals surface area contributed by atoms with E-state index in [1.807, 2.05) is 0 Å². The fraction of sp³-hybridized carbons (Fsp3) is 0.667. The molecule has 100 valence electrons. The van der Waals surface area contributed by atoms with E-state index in [9.17, 15) is 5.11 Å². The molecule has 0 saturated heterocycles. The lowest BCUT2D eigenvalue weighted by Crippen LogP contribution is -2.25. The van der Waals surface area contributed by atoms with Crippen molar-refractivity contribution in [3.8, 4) is 0 Å². The molecule has 1 aliphatic heterocycles. The fourth-order valence-corrected chi connectivity index (χ4v) is 2.06. The molecule has 18 heavy (non-hydrogen) atoms. The molecule has 0 radical (unpaired) electrons. The van der Waals surface area contributed by atoms with Gasteiger partial charge < -0.3 is 20.9 Å². The molecule has 2 heterocycles. The highest BCUT2D eigenvalue weighted by Gasteiger charge is 2.19. The number of rotatable bonds is 5. The molecule has 2 unspecified atom stereocenters. The summed E-state index contributed by atoms with van der Waals surface area (Å²) < 4.78 is 5.30. The summed E-state index contributed by atoms with van der Waals surface area (Å²) in [5.74, 6) is 0.996. The van der Waals surface area contributed by atoms with E-state index < -0.39 is 0 Å². The lowest BCUT2D eigenvalue weighted by atomic mass is 10.1. The Balaban J connectivity index is 2.11. The molecule has 1 aromatic heterocycles. The summed E-state index contributed by atoms with van der Waals surface area (Å²) in [4.78, 5) is 8.63. The first-order valence-electron chi connectivity index (χ1n) is 6.27. The van der Waals surface area contributed by atoms with Gasteiger partial charge in [-0.2, -0.15) is 4.98 Å².